The minimum Gasteiger partial charge on any atom is -0.399 e. The summed E-state index contributed by atoms with van der Waals surface area (Å²) < 4.78 is 10.4. The second kappa shape index (κ2) is 6.98. The van der Waals surface area contributed by atoms with E-state index in [2.05, 4.69) is 5.32 Å². The first-order valence-electron chi connectivity index (χ1n) is 5.83. The van der Waals surface area contributed by atoms with Crippen molar-refractivity contribution in [3.05, 3.63) is 24.3 Å². The number of methoxy groups -OCH3 is 1. The molecule has 1 aromatic carbocycles. The fourth-order valence-electron chi connectivity index (χ4n) is 1.49. The predicted octanol–water partition coefficient (Wildman–Crippen LogP) is 1.65. The van der Waals surface area contributed by atoms with Crippen molar-refractivity contribution >= 4 is 17.3 Å². The van der Waals surface area contributed by atoms with E-state index in [-0.39, 0.29) is 12.0 Å². The summed E-state index contributed by atoms with van der Waals surface area (Å²) in [6, 6.07) is 6.96. The van der Waals surface area contributed by atoms with Gasteiger partial charge in [0.2, 0.25) is 0 Å². The Bertz CT molecular complexity index is 378. The molecule has 0 bridgehead atoms. The molecule has 0 spiro atoms. The molecule has 18 heavy (non-hydrogen) atoms. The van der Waals surface area contributed by atoms with Crippen molar-refractivity contribution in [3.63, 3.8) is 0 Å². The molecule has 0 radical (unpaired) electrons. The summed E-state index contributed by atoms with van der Waals surface area (Å²) >= 11 is 0. The molecule has 0 aliphatic carbocycles. The number of hydrogen-bond acceptors (Lipinski definition) is 4. The first-order chi connectivity index (χ1) is 8.52. The molecule has 5 heteroatoms. The lowest BCUT2D eigenvalue weighted by atomic mass is 10.2. The molecule has 0 saturated carbocycles. The topological polar surface area (TPSA) is 73.6 Å². The van der Waals surface area contributed by atoms with Crippen LogP contribution < -0.4 is 11.1 Å². The van der Waals surface area contributed by atoms with Crippen LogP contribution >= 0.6 is 0 Å². The van der Waals surface area contributed by atoms with E-state index in [0.717, 1.165) is 0 Å². The number of benzene rings is 1. The van der Waals surface area contributed by atoms with Crippen molar-refractivity contribution in [2.24, 2.45) is 0 Å². The van der Waals surface area contributed by atoms with Gasteiger partial charge in [-0.15, -0.1) is 0 Å². The van der Waals surface area contributed by atoms with E-state index in [1.54, 1.807) is 38.3 Å². The fraction of sp³-hybridized carbons (Fsp3) is 0.462. The molecule has 0 saturated heterocycles. The molecular weight excluding hydrogens is 232 g/mol. The summed E-state index contributed by atoms with van der Waals surface area (Å²) in [6.45, 7) is 4.02. The molecule has 0 aromatic heterocycles. The van der Waals surface area contributed by atoms with Crippen molar-refractivity contribution in [1.82, 2.24) is 0 Å². The summed E-state index contributed by atoms with van der Waals surface area (Å²) in [5, 5.41) is 2.76. The van der Waals surface area contributed by atoms with Gasteiger partial charge in [0.25, 0.3) is 5.91 Å². The van der Waals surface area contributed by atoms with Crippen molar-refractivity contribution in [1.29, 1.82) is 0 Å². The van der Waals surface area contributed by atoms with E-state index in [9.17, 15) is 4.79 Å². The highest BCUT2D eigenvalue weighted by molar-refractivity contribution is 5.94. The zero-order valence-corrected chi connectivity index (χ0v) is 11.0. The molecule has 2 unspecified atom stereocenters. The minimum absolute atomic E-state index is 0.123. The van der Waals surface area contributed by atoms with E-state index in [0.29, 0.717) is 18.0 Å². The standard InChI is InChI=1S/C13H20N2O3/c1-9(8-17-3)18-10(2)13(16)15-12-6-4-11(14)5-7-12/h4-7,9-10H,8,14H2,1-3H3,(H,15,16). The Hall–Kier alpha value is -1.59. The average Bonchev–Trinajstić information content (AvgIpc) is 2.32. The molecule has 0 fully saturated rings. The summed E-state index contributed by atoms with van der Waals surface area (Å²) in [7, 11) is 1.60. The van der Waals surface area contributed by atoms with E-state index in [1.807, 2.05) is 6.92 Å². The van der Waals surface area contributed by atoms with Gasteiger partial charge < -0.3 is 20.5 Å². The van der Waals surface area contributed by atoms with E-state index in [1.165, 1.54) is 0 Å². The number of carbonyl (C=O) groups excluding carboxylic acids is 1. The maximum Gasteiger partial charge on any atom is 0.253 e. The third-order valence-corrected chi connectivity index (χ3v) is 2.39. The number of anilines is 2. The Morgan fingerprint density at radius 2 is 1.94 bits per heavy atom. The van der Waals surface area contributed by atoms with Crippen LogP contribution in [0.1, 0.15) is 13.8 Å². The van der Waals surface area contributed by atoms with E-state index >= 15 is 0 Å². The van der Waals surface area contributed by atoms with Gasteiger partial charge in [-0.3, -0.25) is 4.79 Å². The zero-order valence-electron chi connectivity index (χ0n) is 11.0. The fourth-order valence-corrected chi connectivity index (χ4v) is 1.49. The normalized spacial score (nSPS) is 13.9. The SMILES string of the molecule is COCC(C)OC(C)C(=O)Nc1ccc(N)cc1. The second-order valence-corrected chi connectivity index (χ2v) is 4.16. The predicted molar refractivity (Wildman–Crippen MR) is 71.4 cm³/mol. The quantitative estimate of drug-likeness (QED) is 0.755. The molecule has 1 rings (SSSR count). The summed E-state index contributed by atoms with van der Waals surface area (Å²) in [5.74, 6) is -0.192. The average molecular weight is 252 g/mol. The number of amides is 1. The van der Waals surface area contributed by atoms with Gasteiger partial charge in [0.15, 0.2) is 0 Å². The van der Waals surface area contributed by atoms with Crippen LogP contribution in [0, 0.1) is 0 Å². The number of rotatable bonds is 6. The molecular formula is C13H20N2O3. The molecule has 5 nitrogen and oxygen atoms in total. The number of nitrogens with two attached hydrogens (primary N) is 1. The first kappa shape index (κ1) is 14.5. The summed E-state index contributed by atoms with van der Waals surface area (Å²) in [4.78, 5) is 11.8. The van der Waals surface area contributed by atoms with Crippen LogP contribution in [0.3, 0.4) is 0 Å². The molecule has 1 aromatic rings. The molecule has 0 aliphatic rings. The number of ether oxygens (including phenoxy) is 2. The molecule has 0 heterocycles. The Labute approximate surface area is 107 Å². The lowest BCUT2D eigenvalue weighted by Gasteiger charge is -2.18. The van der Waals surface area contributed by atoms with Crippen LogP contribution in [0.25, 0.3) is 0 Å². The van der Waals surface area contributed by atoms with Crippen LogP contribution in [0.5, 0.6) is 0 Å². The highest BCUT2D eigenvalue weighted by Gasteiger charge is 2.16. The van der Waals surface area contributed by atoms with Gasteiger partial charge in [-0.2, -0.15) is 0 Å². The minimum atomic E-state index is -0.535. The largest absolute Gasteiger partial charge is 0.399 e. The van der Waals surface area contributed by atoms with Crippen molar-refractivity contribution < 1.29 is 14.3 Å². The number of hydrogen-bond donors (Lipinski definition) is 2. The number of nitrogens with one attached hydrogen (secondary N) is 1. The molecule has 3 N–H and O–H groups in total. The van der Waals surface area contributed by atoms with Crippen molar-refractivity contribution in [2.45, 2.75) is 26.1 Å². The van der Waals surface area contributed by atoms with Gasteiger partial charge in [0.05, 0.1) is 12.7 Å². The highest BCUT2D eigenvalue weighted by atomic mass is 16.5. The lowest BCUT2D eigenvalue weighted by Crippen LogP contribution is -2.32. The van der Waals surface area contributed by atoms with E-state index < -0.39 is 6.10 Å². The Morgan fingerprint density at radius 3 is 2.50 bits per heavy atom. The second-order valence-electron chi connectivity index (χ2n) is 4.16. The summed E-state index contributed by atoms with van der Waals surface area (Å²) in [5.41, 5.74) is 6.92. The zero-order chi connectivity index (χ0) is 13.5. The third kappa shape index (κ3) is 4.73. The lowest BCUT2D eigenvalue weighted by molar-refractivity contribution is -0.131. The van der Waals surface area contributed by atoms with Crippen LogP contribution in [0.4, 0.5) is 11.4 Å². The van der Waals surface area contributed by atoms with Crippen molar-refractivity contribution in [3.8, 4) is 0 Å². The Balaban J connectivity index is 2.46. The molecule has 0 aliphatic heterocycles. The van der Waals surface area contributed by atoms with Gasteiger partial charge in [0, 0.05) is 18.5 Å². The number of nitrogen functional groups attached to an aromatic ring is 1. The maximum absolute atomic E-state index is 11.8. The van der Waals surface area contributed by atoms with Crippen LogP contribution in [0.2, 0.25) is 0 Å². The maximum atomic E-state index is 11.8. The van der Waals surface area contributed by atoms with E-state index in [4.69, 9.17) is 15.2 Å². The van der Waals surface area contributed by atoms with Crippen LogP contribution in [-0.4, -0.2) is 31.8 Å². The summed E-state index contributed by atoms with van der Waals surface area (Å²) in [6.07, 6.45) is -0.658. The molecule has 2 atom stereocenters. The smallest absolute Gasteiger partial charge is 0.253 e. The Morgan fingerprint density at radius 1 is 1.33 bits per heavy atom. The highest BCUT2D eigenvalue weighted by Crippen LogP contribution is 2.11. The van der Waals surface area contributed by atoms with Gasteiger partial charge in [-0.05, 0) is 38.1 Å². The Kier molecular flexibility index (Phi) is 5.61. The van der Waals surface area contributed by atoms with Gasteiger partial charge in [0.1, 0.15) is 6.10 Å². The van der Waals surface area contributed by atoms with Crippen LogP contribution in [-0.2, 0) is 14.3 Å². The van der Waals surface area contributed by atoms with Crippen LogP contribution in [0.15, 0.2) is 24.3 Å². The third-order valence-electron chi connectivity index (χ3n) is 2.39. The molecule has 1 amide bonds. The van der Waals surface area contributed by atoms with Gasteiger partial charge >= 0.3 is 0 Å². The van der Waals surface area contributed by atoms with Crippen molar-refractivity contribution in [2.75, 3.05) is 24.8 Å². The first-order valence-corrected chi connectivity index (χ1v) is 5.83. The van der Waals surface area contributed by atoms with Gasteiger partial charge in [-0.25, -0.2) is 0 Å². The molecule has 100 valence electrons. The monoisotopic (exact) mass is 252 g/mol. The number of carbonyl (C=O) groups is 1. The van der Waals surface area contributed by atoms with Gasteiger partial charge in [-0.1, -0.05) is 0 Å².